The fraction of sp³-hybridized carbons (Fsp3) is 0.846. The molecule has 0 aliphatic carbocycles. The van der Waals surface area contributed by atoms with Crippen molar-refractivity contribution in [2.75, 3.05) is 19.6 Å². The molecule has 1 heterocycles. The lowest BCUT2D eigenvalue weighted by Crippen LogP contribution is -2.56. The molecular formula is C13H24N2O3. The summed E-state index contributed by atoms with van der Waals surface area (Å²) in [5, 5.41) is 11.5. The second kappa shape index (κ2) is 7.95. The third-order valence-corrected chi connectivity index (χ3v) is 3.32. The lowest BCUT2D eigenvalue weighted by atomic mass is 10.0. The van der Waals surface area contributed by atoms with Gasteiger partial charge >= 0.3 is 12.0 Å². The molecule has 0 aromatic rings. The third kappa shape index (κ3) is 4.94. The van der Waals surface area contributed by atoms with Crippen molar-refractivity contribution < 1.29 is 14.7 Å². The second-order valence-corrected chi connectivity index (χ2v) is 4.94. The fourth-order valence-corrected chi connectivity index (χ4v) is 2.01. The Kier molecular flexibility index (Phi) is 6.54. The van der Waals surface area contributed by atoms with Gasteiger partial charge in [0.25, 0.3) is 0 Å². The van der Waals surface area contributed by atoms with E-state index in [1.807, 2.05) is 0 Å². The standard InChI is InChI=1S/C13H24N2O3/c1-2-3-4-5-6-7-8-14-13(18)15-9-11(10-15)12(16)17/h11H,2-10H2,1H3,(H,14,18)(H,16,17). The van der Waals surface area contributed by atoms with Crippen molar-refractivity contribution in [3.63, 3.8) is 0 Å². The largest absolute Gasteiger partial charge is 0.481 e. The number of rotatable bonds is 8. The number of nitrogens with zero attached hydrogens (tertiary/aromatic N) is 1. The fourth-order valence-electron chi connectivity index (χ4n) is 2.01. The molecule has 1 saturated heterocycles. The van der Waals surface area contributed by atoms with E-state index < -0.39 is 5.97 Å². The molecule has 2 amide bonds. The summed E-state index contributed by atoms with van der Waals surface area (Å²) in [5.74, 6) is -1.18. The van der Waals surface area contributed by atoms with Gasteiger partial charge in [-0.3, -0.25) is 4.79 Å². The van der Waals surface area contributed by atoms with Crippen molar-refractivity contribution in [3.8, 4) is 0 Å². The van der Waals surface area contributed by atoms with Crippen molar-refractivity contribution in [1.29, 1.82) is 0 Å². The van der Waals surface area contributed by atoms with Crippen molar-refractivity contribution in [3.05, 3.63) is 0 Å². The number of carbonyl (C=O) groups is 2. The average molecular weight is 256 g/mol. The number of unbranched alkanes of at least 4 members (excludes halogenated alkanes) is 5. The Morgan fingerprint density at radius 2 is 1.78 bits per heavy atom. The highest BCUT2D eigenvalue weighted by molar-refractivity contribution is 5.79. The van der Waals surface area contributed by atoms with Crippen LogP contribution in [0.4, 0.5) is 4.79 Å². The smallest absolute Gasteiger partial charge is 0.317 e. The normalized spacial score (nSPS) is 15.3. The first kappa shape index (κ1) is 14.8. The number of aliphatic carboxylic acids is 1. The number of carboxylic acid groups (broad SMARTS) is 1. The number of hydrogen-bond donors (Lipinski definition) is 2. The van der Waals surface area contributed by atoms with E-state index in [1.54, 1.807) is 4.90 Å². The molecule has 0 saturated carbocycles. The zero-order valence-corrected chi connectivity index (χ0v) is 11.2. The van der Waals surface area contributed by atoms with Crippen LogP contribution in [0.15, 0.2) is 0 Å². The van der Waals surface area contributed by atoms with Gasteiger partial charge in [0, 0.05) is 19.6 Å². The molecule has 1 fully saturated rings. The number of carboxylic acids is 1. The quantitative estimate of drug-likeness (QED) is 0.653. The third-order valence-electron chi connectivity index (χ3n) is 3.32. The highest BCUT2D eigenvalue weighted by Gasteiger charge is 2.35. The molecule has 18 heavy (non-hydrogen) atoms. The minimum absolute atomic E-state index is 0.124. The minimum atomic E-state index is -0.810. The predicted molar refractivity (Wildman–Crippen MR) is 69.5 cm³/mol. The van der Waals surface area contributed by atoms with Gasteiger partial charge in [0.15, 0.2) is 0 Å². The van der Waals surface area contributed by atoms with E-state index in [2.05, 4.69) is 12.2 Å². The molecule has 1 aliphatic heterocycles. The number of hydrogen-bond acceptors (Lipinski definition) is 2. The lowest BCUT2D eigenvalue weighted by Gasteiger charge is -2.36. The molecule has 5 nitrogen and oxygen atoms in total. The first-order valence-corrected chi connectivity index (χ1v) is 6.90. The lowest BCUT2D eigenvalue weighted by molar-refractivity contribution is -0.146. The van der Waals surface area contributed by atoms with Gasteiger partial charge in [-0.2, -0.15) is 0 Å². The summed E-state index contributed by atoms with van der Waals surface area (Å²) in [6, 6.07) is -0.124. The summed E-state index contributed by atoms with van der Waals surface area (Å²) < 4.78 is 0. The molecule has 1 aliphatic rings. The van der Waals surface area contributed by atoms with Crippen LogP contribution in [0.3, 0.4) is 0 Å². The van der Waals surface area contributed by atoms with E-state index in [0.29, 0.717) is 19.6 Å². The van der Waals surface area contributed by atoms with E-state index in [4.69, 9.17) is 5.11 Å². The van der Waals surface area contributed by atoms with Gasteiger partial charge in [-0.1, -0.05) is 39.0 Å². The molecule has 0 radical (unpaired) electrons. The van der Waals surface area contributed by atoms with Crippen LogP contribution in [0.5, 0.6) is 0 Å². The molecule has 104 valence electrons. The number of amides is 2. The second-order valence-electron chi connectivity index (χ2n) is 4.94. The van der Waals surface area contributed by atoms with Crippen LogP contribution in [0.2, 0.25) is 0 Å². The monoisotopic (exact) mass is 256 g/mol. The molecule has 5 heteroatoms. The van der Waals surface area contributed by atoms with Crippen LogP contribution in [0, 0.1) is 5.92 Å². The summed E-state index contributed by atoms with van der Waals surface area (Å²) >= 11 is 0. The molecule has 0 unspecified atom stereocenters. The van der Waals surface area contributed by atoms with Gasteiger partial charge < -0.3 is 15.3 Å². The van der Waals surface area contributed by atoms with Crippen molar-refractivity contribution >= 4 is 12.0 Å². The molecule has 0 aromatic carbocycles. The molecule has 2 N–H and O–H groups in total. The Balaban J connectivity index is 1.94. The summed E-state index contributed by atoms with van der Waals surface area (Å²) in [6.45, 7) is 3.58. The summed E-state index contributed by atoms with van der Waals surface area (Å²) in [7, 11) is 0. The average Bonchev–Trinajstić information content (AvgIpc) is 2.25. The maximum absolute atomic E-state index is 11.6. The number of carbonyl (C=O) groups excluding carboxylic acids is 1. The van der Waals surface area contributed by atoms with Crippen LogP contribution >= 0.6 is 0 Å². The summed E-state index contributed by atoms with van der Waals surface area (Å²) in [6.07, 6.45) is 7.20. The first-order valence-electron chi connectivity index (χ1n) is 6.90. The van der Waals surface area contributed by atoms with E-state index in [0.717, 1.165) is 12.8 Å². The SMILES string of the molecule is CCCCCCCCNC(=O)N1CC(C(=O)O)C1. The zero-order valence-electron chi connectivity index (χ0n) is 11.2. The Morgan fingerprint density at radius 1 is 1.17 bits per heavy atom. The number of urea groups is 1. The van der Waals surface area contributed by atoms with Crippen LogP contribution in [-0.2, 0) is 4.79 Å². The first-order chi connectivity index (χ1) is 8.65. The van der Waals surface area contributed by atoms with Gasteiger partial charge in [-0.25, -0.2) is 4.79 Å². The van der Waals surface area contributed by atoms with Crippen LogP contribution in [0.25, 0.3) is 0 Å². The zero-order chi connectivity index (χ0) is 13.4. The maximum atomic E-state index is 11.6. The Morgan fingerprint density at radius 3 is 2.39 bits per heavy atom. The van der Waals surface area contributed by atoms with Gasteiger partial charge in [0.2, 0.25) is 0 Å². The van der Waals surface area contributed by atoms with Gasteiger partial charge in [-0.15, -0.1) is 0 Å². The molecule has 0 bridgehead atoms. The highest BCUT2D eigenvalue weighted by Crippen LogP contribution is 2.15. The molecular weight excluding hydrogens is 232 g/mol. The molecule has 0 spiro atoms. The minimum Gasteiger partial charge on any atom is -0.481 e. The van der Waals surface area contributed by atoms with Crippen LogP contribution in [-0.4, -0.2) is 41.6 Å². The van der Waals surface area contributed by atoms with Gasteiger partial charge in [0.1, 0.15) is 0 Å². The Labute approximate surface area is 109 Å². The van der Waals surface area contributed by atoms with E-state index in [1.165, 1.54) is 25.7 Å². The molecule has 1 rings (SSSR count). The Bertz CT molecular complexity index is 275. The van der Waals surface area contributed by atoms with Crippen LogP contribution in [0.1, 0.15) is 45.4 Å². The van der Waals surface area contributed by atoms with Gasteiger partial charge in [-0.05, 0) is 6.42 Å². The van der Waals surface area contributed by atoms with E-state index in [9.17, 15) is 9.59 Å². The van der Waals surface area contributed by atoms with Crippen molar-refractivity contribution in [1.82, 2.24) is 10.2 Å². The number of likely N-dealkylation sites (tertiary alicyclic amines) is 1. The van der Waals surface area contributed by atoms with Gasteiger partial charge in [0.05, 0.1) is 5.92 Å². The summed E-state index contributed by atoms with van der Waals surface area (Å²) in [5.41, 5.74) is 0. The molecule has 0 aromatic heterocycles. The number of nitrogens with one attached hydrogen (secondary N) is 1. The maximum Gasteiger partial charge on any atom is 0.317 e. The van der Waals surface area contributed by atoms with Crippen molar-refractivity contribution in [2.24, 2.45) is 5.92 Å². The topological polar surface area (TPSA) is 69.6 Å². The van der Waals surface area contributed by atoms with Crippen molar-refractivity contribution in [2.45, 2.75) is 45.4 Å². The summed E-state index contributed by atoms with van der Waals surface area (Å²) in [4.78, 5) is 23.7. The van der Waals surface area contributed by atoms with E-state index >= 15 is 0 Å². The molecule has 0 atom stereocenters. The van der Waals surface area contributed by atoms with Crippen LogP contribution < -0.4 is 5.32 Å². The highest BCUT2D eigenvalue weighted by atomic mass is 16.4. The van der Waals surface area contributed by atoms with E-state index in [-0.39, 0.29) is 11.9 Å². The predicted octanol–water partition coefficient (Wildman–Crippen LogP) is 2.07. The Hall–Kier alpha value is -1.26.